The van der Waals surface area contributed by atoms with Crippen LogP contribution in [0.25, 0.3) is 0 Å². The highest BCUT2D eigenvalue weighted by Crippen LogP contribution is 2.17. The van der Waals surface area contributed by atoms with Crippen LogP contribution in [0.2, 0.25) is 0 Å². The maximum atomic E-state index is 13.0. The van der Waals surface area contributed by atoms with Crippen LogP contribution in [-0.2, 0) is 4.79 Å². The molecule has 0 spiro atoms. The molecule has 1 amide bonds. The number of amides is 1. The van der Waals surface area contributed by atoms with E-state index in [0.717, 1.165) is 64.3 Å². The molecule has 0 unspecified atom stereocenters. The van der Waals surface area contributed by atoms with E-state index in [0.29, 0.717) is 12.3 Å². The van der Waals surface area contributed by atoms with E-state index in [1.807, 2.05) is 17.0 Å². The van der Waals surface area contributed by atoms with E-state index < -0.39 is 0 Å². The number of nitrogens with zero attached hydrogens (tertiary/aromatic N) is 3. The Morgan fingerprint density at radius 2 is 1.57 bits per heavy atom. The molecule has 2 aliphatic heterocycles. The van der Waals surface area contributed by atoms with E-state index in [2.05, 4.69) is 9.80 Å². The number of halogens is 1. The molecule has 0 bridgehead atoms. The standard InChI is InChI=1S/C18H26FN3O/c19-16-4-6-17(7-5-16)21-14-12-20(13-15-21)11-8-18(23)22-9-2-1-3-10-22/h4-7H,1-3,8-15H2. The minimum atomic E-state index is -0.191. The Kier molecular flexibility index (Phi) is 5.49. The van der Waals surface area contributed by atoms with Crippen molar-refractivity contribution in [1.82, 2.24) is 9.80 Å². The van der Waals surface area contributed by atoms with E-state index in [-0.39, 0.29) is 5.82 Å². The summed E-state index contributed by atoms with van der Waals surface area (Å²) in [6, 6.07) is 6.70. The fourth-order valence-corrected chi connectivity index (χ4v) is 3.44. The largest absolute Gasteiger partial charge is 0.369 e. The predicted molar refractivity (Wildman–Crippen MR) is 90.1 cm³/mol. The molecule has 0 aliphatic carbocycles. The second-order valence-electron chi connectivity index (χ2n) is 6.50. The molecule has 3 rings (SSSR count). The summed E-state index contributed by atoms with van der Waals surface area (Å²) >= 11 is 0. The van der Waals surface area contributed by atoms with Crippen molar-refractivity contribution in [3.8, 4) is 0 Å². The number of rotatable bonds is 4. The second kappa shape index (κ2) is 7.77. The summed E-state index contributed by atoms with van der Waals surface area (Å²) in [6.45, 7) is 6.53. The first kappa shape index (κ1) is 16.2. The van der Waals surface area contributed by atoms with Gasteiger partial charge in [-0.3, -0.25) is 9.69 Å². The van der Waals surface area contributed by atoms with E-state index in [4.69, 9.17) is 0 Å². The Hall–Kier alpha value is -1.62. The molecule has 0 saturated carbocycles. The van der Waals surface area contributed by atoms with Gasteiger partial charge < -0.3 is 9.80 Å². The molecule has 2 saturated heterocycles. The highest BCUT2D eigenvalue weighted by Gasteiger charge is 2.20. The molecule has 23 heavy (non-hydrogen) atoms. The van der Waals surface area contributed by atoms with Crippen molar-refractivity contribution >= 4 is 11.6 Å². The monoisotopic (exact) mass is 319 g/mol. The van der Waals surface area contributed by atoms with Crippen LogP contribution in [0, 0.1) is 5.82 Å². The van der Waals surface area contributed by atoms with Gasteiger partial charge in [-0.15, -0.1) is 0 Å². The van der Waals surface area contributed by atoms with Crippen LogP contribution in [0.3, 0.4) is 0 Å². The van der Waals surface area contributed by atoms with E-state index in [1.54, 1.807) is 0 Å². The van der Waals surface area contributed by atoms with Gasteiger partial charge >= 0.3 is 0 Å². The third-order valence-electron chi connectivity index (χ3n) is 4.91. The summed E-state index contributed by atoms with van der Waals surface area (Å²) in [4.78, 5) is 18.9. The van der Waals surface area contributed by atoms with Crippen molar-refractivity contribution in [3.05, 3.63) is 30.1 Å². The van der Waals surface area contributed by atoms with Gasteiger partial charge in [0.05, 0.1) is 0 Å². The first-order chi connectivity index (χ1) is 11.2. The van der Waals surface area contributed by atoms with Gasteiger partial charge in [0, 0.05) is 57.9 Å². The number of piperazine rings is 1. The van der Waals surface area contributed by atoms with Crippen LogP contribution in [0.4, 0.5) is 10.1 Å². The van der Waals surface area contributed by atoms with E-state index in [9.17, 15) is 9.18 Å². The van der Waals surface area contributed by atoms with Crippen LogP contribution >= 0.6 is 0 Å². The average molecular weight is 319 g/mol. The van der Waals surface area contributed by atoms with Crippen LogP contribution in [-0.4, -0.2) is 61.5 Å². The van der Waals surface area contributed by atoms with Gasteiger partial charge in [-0.1, -0.05) is 0 Å². The van der Waals surface area contributed by atoms with Crippen molar-refractivity contribution in [2.75, 3.05) is 50.7 Å². The SMILES string of the molecule is O=C(CCN1CCN(c2ccc(F)cc2)CC1)N1CCCCC1. The second-order valence-corrected chi connectivity index (χ2v) is 6.50. The maximum Gasteiger partial charge on any atom is 0.223 e. The van der Waals surface area contributed by atoms with Crippen molar-refractivity contribution < 1.29 is 9.18 Å². The number of carbonyl (C=O) groups is 1. The Bertz CT molecular complexity index is 506. The maximum absolute atomic E-state index is 13.0. The van der Waals surface area contributed by atoms with Gasteiger partial charge in [0.25, 0.3) is 0 Å². The molecule has 1 aromatic carbocycles. The third kappa shape index (κ3) is 4.44. The van der Waals surface area contributed by atoms with Crippen LogP contribution in [0.5, 0.6) is 0 Å². The number of hydrogen-bond acceptors (Lipinski definition) is 3. The van der Waals surface area contributed by atoms with E-state index in [1.165, 1.54) is 18.6 Å². The summed E-state index contributed by atoms with van der Waals surface area (Å²) in [7, 11) is 0. The molecule has 4 nitrogen and oxygen atoms in total. The highest BCUT2D eigenvalue weighted by atomic mass is 19.1. The number of carbonyl (C=O) groups excluding carboxylic acids is 1. The Balaban J connectivity index is 1.40. The lowest BCUT2D eigenvalue weighted by molar-refractivity contribution is -0.132. The quantitative estimate of drug-likeness (QED) is 0.852. The lowest BCUT2D eigenvalue weighted by atomic mass is 10.1. The fraction of sp³-hybridized carbons (Fsp3) is 0.611. The molecule has 2 fully saturated rings. The zero-order chi connectivity index (χ0) is 16.1. The summed E-state index contributed by atoms with van der Waals surface area (Å²) in [5.74, 6) is 0.120. The summed E-state index contributed by atoms with van der Waals surface area (Å²) in [5, 5.41) is 0. The van der Waals surface area contributed by atoms with Crippen LogP contribution in [0.1, 0.15) is 25.7 Å². The molecule has 0 aromatic heterocycles. The minimum absolute atomic E-state index is 0.191. The minimum Gasteiger partial charge on any atom is -0.369 e. The van der Waals surface area contributed by atoms with Gasteiger partial charge in [0.2, 0.25) is 5.91 Å². The number of benzene rings is 1. The average Bonchev–Trinajstić information content (AvgIpc) is 2.61. The number of piperidine rings is 1. The number of hydrogen-bond donors (Lipinski definition) is 0. The first-order valence-electron chi connectivity index (χ1n) is 8.73. The lowest BCUT2D eigenvalue weighted by Gasteiger charge is -2.36. The molecule has 126 valence electrons. The molecule has 1 aromatic rings. The zero-order valence-electron chi connectivity index (χ0n) is 13.7. The Morgan fingerprint density at radius 3 is 2.22 bits per heavy atom. The van der Waals surface area contributed by atoms with E-state index >= 15 is 0 Å². The Morgan fingerprint density at radius 1 is 0.913 bits per heavy atom. The topological polar surface area (TPSA) is 26.8 Å². The number of likely N-dealkylation sites (tertiary alicyclic amines) is 1. The Labute approximate surface area is 137 Å². The third-order valence-corrected chi connectivity index (χ3v) is 4.91. The fourth-order valence-electron chi connectivity index (χ4n) is 3.44. The zero-order valence-corrected chi connectivity index (χ0v) is 13.7. The molecule has 2 aliphatic rings. The molecule has 2 heterocycles. The van der Waals surface area contributed by atoms with Crippen molar-refractivity contribution in [2.45, 2.75) is 25.7 Å². The van der Waals surface area contributed by atoms with Crippen molar-refractivity contribution in [2.24, 2.45) is 0 Å². The van der Waals surface area contributed by atoms with Crippen molar-refractivity contribution in [1.29, 1.82) is 0 Å². The predicted octanol–water partition coefficient (Wildman–Crippen LogP) is 2.35. The molecular formula is C18H26FN3O. The van der Waals surface area contributed by atoms with Gasteiger partial charge in [0.1, 0.15) is 5.82 Å². The molecule has 0 atom stereocenters. The van der Waals surface area contributed by atoms with Gasteiger partial charge in [0.15, 0.2) is 0 Å². The summed E-state index contributed by atoms with van der Waals surface area (Å²) in [6.07, 6.45) is 4.20. The number of anilines is 1. The molecule has 0 radical (unpaired) electrons. The first-order valence-corrected chi connectivity index (χ1v) is 8.73. The normalized spacial score (nSPS) is 19.9. The smallest absolute Gasteiger partial charge is 0.223 e. The van der Waals surface area contributed by atoms with Gasteiger partial charge in [-0.25, -0.2) is 4.39 Å². The van der Waals surface area contributed by atoms with Gasteiger partial charge in [-0.2, -0.15) is 0 Å². The highest BCUT2D eigenvalue weighted by molar-refractivity contribution is 5.76. The van der Waals surface area contributed by atoms with Crippen LogP contribution < -0.4 is 4.90 Å². The summed E-state index contributed by atoms with van der Waals surface area (Å²) < 4.78 is 13.0. The molecular weight excluding hydrogens is 293 g/mol. The molecule has 5 heteroatoms. The van der Waals surface area contributed by atoms with Crippen molar-refractivity contribution in [3.63, 3.8) is 0 Å². The van der Waals surface area contributed by atoms with Gasteiger partial charge in [-0.05, 0) is 43.5 Å². The summed E-state index contributed by atoms with van der Waals surface area (Å²) in [5.41, 5.74) is 1.08. The lowest BCUT2D eigenvalue weighted by Crippen LogP contribution is -2.47. The molecule has 0 N–H and O–H groups in total. The van der Waals surface area contributed by atoms with Crippen LogP contribution in [0.15, 0.2) is 24.3 Å².